The van der Waals surface area contributed by atoms with E-state index in [2.05, 4.69) is 17.6 Å². The third-order valence-electron chi connectivity index (χ3n) is 3.48. The van der Waals surface area contributed by atoms with Crippen molar-refractivity contribution in [3.63, 3.8) is 0 Å². The molecule has 1 amide bonds. The SMILES string of the molecule is CC1(CNC(=O)c2ccccc2F)CCCNC1. The lowest BCUT2D eigenvalue weighted by Gasteiger charge is -2.34. The van der Waals surface area contributed by atoms with E-state index in [0.29, 0.717) is 6.54 Å². The third-order valence-corrected chi connectivity index (χ3v) is 3.48. The number of amides is 1. The first-order chi connectivity index (χ1) is 8.61. The molecule has 0 bridgehead atoms. The molecule has 1 atom stereocenters. The van der Waals surface area contributed by atoms with Crippen LogP contribution in [0.3, 0.4) is 0 Å². The molecule has 1 heterocycles. The first-order valence-electron chi connectivity index (χ1n) is 6.34. The van der Waals surface area contributed by atoms with Crippen molar-refractivity contribution >= 4 is 5.91 Å². The van der Waals surface area contributed by atoms with Gasteiger partial charge >= 0.3 is 0 Å². The van der Waals surface area contributed by atoms with E-state index >= 15 is 0 Å². The van der Waals surface area contributed by atoms with Crippen LogP contribution >= 0.6 is 0 Å². The molecule has 98 valence electrons. The second-order valence-corrected chi connectivity index (χ2v) is 5.25. The highest BCUT2D eigenvalue weighted by Gasteiger charge is 2.27. The number of nitrogens with one attached hydrogen (secondary N) is 2. The van der Waals surface area contributed by atoms with Gasteiger partial charge in [-0.05, 0) is 36.9 Å². The summed E-state index contributed by atoms with van der Waals surface area (Å²) in [4.78, 5) is 11.9. The second kappa shape index (κ2) is 5.48. The molecule has 0 saturated carbocycles. The van der Waals surface area contributed by atoms with Crippen LogP contribution in [0.4, 0.5) is 4.39 Å². The Morgan fingerprint density at radius 2 is 2.28 bits per heavy atom. The molecule has 1 aromatic carbocycles. The van der Waals surface area contributed by atoms with E-state index in [9.17, 15) is 9.18 Å². The van der Waals surface area contributed by atoms with Crippen molar-refractivity contribution in [2.45, 2.75) is 19.8 Å². The molecule has 1 aliphatic heterocycles. The summed E-state index contributed by atoms with van der Waals surface area (Å²) in [7, 11) is 0. The molecule has 0 radical (unpaired) electrons. The molecule has 1 aromatic rings. The van der Waals surface area contributed by atoms with Crippen LogP contribution in [-0.4, -0.2) is 25.5 Å². The first-order valence-corrected chi connectivity index (χ1v) is 6.34. The van der Waals surface area contributed by atoms with E-state index in [-0.39, 0.29) is 16.9 Å². The first kappa shape index (κ1) is 13.0. The Kier molecular flexibility index (Phi) is 3.97. The van der Waals surface area contributed by atoms with Gasteiger partial charge in [-0.2, -0.15) is 0 Å². The van der Waals surface area contributed by atoms with Crippen molar-refractivity contribution in [2.75, 3.05) is 19.6 Å². The summed E-state index contributed by atoms with van der Waals surface area (Å²) in [6, 6.07) is 6.06. The minimum Gasteiger partial charge on any atom is -0.351 e. The Balaban J connectivity index is 1.94. The lowest BCUT2D eigenvalue weighted by molar-refractivity contribution is 0.0920. The zero-order valence-corrected chi connectivity index (χ0v) is 10.6. The molecule has 2 rings (SSSR count). The van der Waals surface area contributed by atoms with Crippen LogP contribution in [0.15, 0.2) is 24.3 Å². The summed E-state index contributed by atoms with van der Waals surface area (Å²) < 4.78 is 13.4. The van der Waals surface area contributed by atoms with Crippen LogP contribution in [-0.2, 0) is 0 Å². The van der Waals surface area contributed by atoms with Gasteiger partial charge in [0, 0.05) is 13.1 Å². The zero-order valence-electron chi connectivity index (χ0n) is 10.6. The highest BCUT2D eigenvalue weighted by Crippen LogP contribution is 2.24. The Labute approximate surface area is 107 Å². The maximum Gasteiger partial charge on any atom is 0.254 e. The fourth-order valence-electron chi connectivity index (χ4n) is 2.30. The van der Waals surface area contributed by atoms with Crippen molar-refractivity contribution < 1.29 is 9.18 Å². The summed E-state index contributed by atoms with van der Waals surface area (Å²) in [6.45, 7) is 4.65. The molecule has 4 heteroatoms. The highest BCUT2D eigenvalue weighted by atomic mass is 19.1. The number of rotatable bonds is 3. The summed E-state index contributed by atoms with van der Waals surface area (Å²) in [5, 5.41) is 6.16. The van der Waals surface area contributed by atoms with Gasteiger partial charge < -0.3 is 10.6 Å². The molecule has 2 N–H and O–H groups in total. The number of benzene rings is 1. The van der Waals surface area contributed by atoms with Crippen LogP contribution in [0.2, 0.25) is 0 Å². The monoisotopic (exact) mass is 250 g/mol. The predicted molar refractivity (Wildman–Crippen MR) is 68.9 cm³/mol. The van der Waals surface area contributed by atoms with E-state index in [1.807, 2.05) is 0 Å². The topological polar surface area (TPSA) is 41.1 Å². The fourth-order valence-corrected chi connectivity index (χ4v) is 2.30. The molecule has 0 spiro atoms. The van der Waals surface area contributed by atoms with Gasteiger partial charge in [-0.25, -0.2) is 4.39 Å². The minimum atomic E-state index is -0.470. The molecule has 0 aliphatic carbocycles. The molecule has 1 fully saturated rings. The summed E-state index contributed by atoms with van der Waals surface area (Å²) in [6.07, 6.45) is 2.20. The quantitative estimate of drug-likeness (QED) is 0.861. The maximum atomic E-state index is 13.4. The van der Waals surface area contributed by atoms with E-state index < -0.39 is 5.82 Å². The van der Waals surface area contributed by atoms with Gasteiger partial charge in [0.25, 0.3) is 5.91 Å². The fraction of sp³-hybridized carbons (Fsp3) is 0.500. The van der Waals surface area contributed by atoms with Crippen molar-refractivity contribution in [3.8, 4) is 0 Å². The largest absolute Gasteiger partial charge is 0.351 e. The van der Waals surface area contributed by atoms with Crippen LogP contribution in [0.25, 0.3) is 0 Å². The molecule has 1 aliphatic rings. The van der Waals surface area contributed by atoms with E-state index in [1.165, 1.54) is 12.1 Å². The Bertz CT molecular complexity index is 428. The summed E-state index contributed by atoms with van der Waals surface area (Å²) in [5.74, 6) is -0.804. The third kappa shape index (κ3) is 3.07. The molecule has 18 heavy (non-hydrogen) atoms. The van der Waals surface area contributed by atoms with Crippen LogP contribution in [0.5, 0.6) is 0 Å². The van der Waals surface area contributed by atoms with Gasteiger partial charge in [0.15, 0.2) is 0 Å². The van der Waals surface area contributed by atoms with Gasteiger partial charge in [-0.1, -0.05) is 19.1 Å². The number of piperidine rings is 1. The number of hydrogen-bond donors (Lipinski definition) is 2. The predicted octanol–water partition coefficient (Wildman–Crippen LogP) is 1.95. The van der Waals surface area contributed by atoms with Crippen LogP contribution < -0.4 is 10.6 Å². The van der Waals surface area contributed by atoms with Gasteiger partial charge in [-0.15, -0.1) is 0 Å². The second-order valence-electron chi connectivity index (χ2n) is 5.25. The number of hydrogen-bond acceptors (Lipinski definition) is 2. The van der Waals surface area contributed by atoms with E-state index in [1.54, 1.807) is 12.1 Å². The summed E-state index contributed by atoms with van der Waals surface area (Å²) >= 11 is 0. The smallest absolute Gasteiger partial charge is 0.254 e. The standard InChI is InChI=1S/C14H19FN2O/c1-14(7-4-8-16-9-14)10-17-13(18)11-5-2-3-6-12(11)15/h2-3,5-6,16H,4,7-10H2,1H3,(H,17,18). The molecular formula is C14H19FN2O. The Morgan fingerprint density at radius 1 is 1.50 bits per heavy atom. The number of halogens is 1. The Morgan fingerprint density at radius 3 is 2.94 bits per heavy atom. The minimum absolute atomic E-state index is 0.0686. The Hall–Kier alpha value is -1.42. The van der Waals surface area contributed by atoms with Crippen molar-refractivity contribution in [3.05, 3.63) is 35.6 Å². The zero-order chi connectivity index (χ0) is 13.0. The van der Waals surface area contributed by atoms with Gasteiger partial charge in [0.05, 0.1) is 5.56 Å². The van der Waals surface area contributed by atoms with Gasteiger partial charge in [-0.3, -0.25) is 4.79 Å². The number of carbonyl (C=O) groups excluding carboxylic acids is 1. The molecule has 0 aromatic heterocycles. The van der Waals surface area contributed by atoms with Gasteiger partial charge in [0.1, 0.15) is 5.82 Å². The average molecular weight is 250 g/mol. The molecule has 1 saturated heterocycles. The lowest BCUT2D eigenvalue weighted by atomic mass is 9.83. The van der Waals surface area contributed by atoms with Crippen molar-refractivity contribution in [2.24, 2.45) is 5.41 Å². The van der Waals surface area contributed by atoms with E-state index in [4.69, 9.17) is 0 Å². The van der Waals surface area contributed by atoms with E-state index in [0.717, 1.165) is 25.9 Å². The summed E-state index contributed by atoms with van der Waals surface area (Å²) in [5.41, 5.74) is 0.184. The molecule has 3 nitrogen and oxygen atoms in total. The van der Waals surface area contributed by atoms with Crippen LogP contribution in [0, 0.1) is 11.2 Å². The molecular weight excluding hydrogens is 231 g/mol. The average Bonchev–Trinajstić information content (AvgIpc) is 2.38. The lowest BCUT2D eigenvalue weighted by Crippen LogP contribution is -2.45. The highest BCUT2D eigenvalue weighted by molar-refractivity contribution is 5.94. The van der Waals surface area contributed by atoms with Crippen molar-refractivity contribution in [1.82, 2.24) is 10.6 Å². The molecule has 1 unspecified atom stereocenters. The number of carbonyl (C=O) groups is 1. The van der Waals surface area contributed by atoms with Crippen molar-refractivity contribution in [1.29, 1.82) is 0 Å². The normalized spacial score (nSPS) is 23.7. The maximum absolute atomic E-state index is 13.4. The van der Waals surface area contributed by atoms with Gasteiger partial charge in [0.2, 0.25) is 0 Å². The van der Waals surface area contributed by atoms with Crippen LogP contribution in [0.1, 0.15) is 30.1 Å².